The van der Waals surface area contributed by atoms with Gasteiger partial charge in [-0.25, -0.2) is 0 Å². The van der Waals surface area contributed by atoms with Crippen LogP contribution in [0.1, 0.15) is 0 Å². The van der Waals surface area contributed by atoms with E-state index in [2.05, 4.69) is 33.8 Å². The number of guanidine groups is 2. The van der Waals surface area contributed by atoms with Crippen LogP contribution < -0.4 is 22.1 Å². The third-order valence-corrected chi connectivity index (χ3v) is 6.15. The summed E-state index contributed by atoms with van der Waals surface area (Å²) in [4.78, 5) is 7.61. The van der Waals surface area contributed by atoms with Crippen LogP contribution in [0.15, 0.2) is 35.3 Å². The highest BCUT2D eigenvalue weighted by Gasteiger charge is 2.04. The second-order valence-electron chi connectivity index (χ2n) is 4.37. The molecule has 10 N–H and O–H groups in total. The van der Waals surface area contributed by atoms with Crippen molar-refractivity contribution in [2.75, 3.05) is 37.7 Å². The Morgan fingerprint density at radius 1 is 0.862 bits per heavy atom. The highest BCUT2D eigenvalue weighted by molar-refractivity contribution is 8.70. The average molecular weight is 497 g/mol. The quantitative estimate of drug-likeness (QED) is 0.0447. The molecule has 17 heteroatoms. The van der Waals surface area contributed by atoms with Crippen LogP contribution in [0.4, 0.5) is 0 Å². The molecule has 0 aliphatic rings. The van der Waals surface area contributed by atoms with E-state index in [9.17, 15) is 16.8 Å². The van der Waals surface area contributed by atoms with Gasteiger partial charge in [0.05, 0.1) is 13.1 Å². The van der Waals surface area contributed by atoms with Crippen LogP contribution in [-0.2, 0) is 18.3 Å². The summed E-state index contributed by atoms with van der Waals surface area (Å²) in [5.41, 5.74) is 10.8. The molecule has 0 rings (SSSR count). The fraction of sp³-hybridized carbons (Fsp3) is 0.500. The third-order valence-electron chi connectivity index (χ3n) is 2.07. The van der Waals surface area contributed by atoms with Crippen molar-refractivity contribution in [1.82, 2.24) is 10.6 Å². The molecule has 0 bridgehead atoms. The summed E-state index contributed by atoms with van der Waals surface area (Å²) < 4.78 is 57.7. The zero-order valence-electron chi connectivity index (χ0n) is 15.5. The maximum atomic E-state index is 10.3. The van der Waals surface area contributed by atoms with E-state index in [1.54, 1.807) is 12.2 Å². The summed E-state index contributed by atoms with van der Waals surface area (Å²) in [5, 5.41) is 5.44. The Kier molecular flexibility index (Phi) is 20.6. The molecule has 0 heterocycles. The van der Waals surface area contributed by atoms with Gasteiger partial charge in [0, 0.05) is 24.6 Å². The standard InChI is InChI=1S/2C6H13N3O3S2.H2O/c2*1-2-3-8-6(7)9-4-5-13-14(10,11)12;/h2*2H,1,3-5H2,(H3,7,8,9)(H,10,11,12);1H2. The van der Waals surface area contributed by atoms with Gasteiger partial charge in [-0.15, -0.1) is 13.2 Å². The molecule has 13 nitrogen and oxygen atoms in total. The number of hydrogen-bond acceptors (Lipinski definition) is 8. The Morgan fingerprint density at radius 3 is 1.41 bits per heavy atom. The molecule has 172 valence electrons. The van der Waals surface area contributed by atoms with Crippen molar-refractivity contribution in [3.05, 3.63) is 25.3 Å². The molecule has 0 saturated carbocycles. The smallest absolute Gasteiger partial charge is 0.319 e. The SMILES string of the molecule is C=CCNC(N)=NCCSS(=O)(=O)O.C=CCNC(N)=NCCSS(=O)(=O)O.O. The molecule has 0 amide bonds. The van der Waals surface area contributed by atoms with E-state index in [0.717, 1.165) is 0 Å². The second kappa shape index (κ2) is 18.5. The summed E-state index contributed by atoms with van der Waals surface area (Å²) >= 11 is 0. The van der Waals surface area contributed by atoms with Gasteiger partial charge in [-0.3, -0.25) is 19.1 Å². The van der Waals surface area contributed by atoms with Gasteiger partial charge in [-0.2, -0.15) is 16.8 Å². The van der Waals surface area contributed by atoms with Gasteiger partial charge < -0.3 is 27.6 Å². The average Bonchev–Trinajstić information content (AvgIpc) is 2.58. The molecule has 0 aromatic heterocycles. The number of hydrogen-bond donors (Lipinski definition) is 6. The first-order valence-corrected chi connectivity index (χ1v) is 13.3. The van der Waals surface area contributed by atoms with Crippen LogP contribution in [0, 0.1) is 0 Å². The summed E-state index contributed by atoms with van der Waals surface area (Å²) in [6.45, 7) is 8.39. The van der Waals surface area contributed by atoms with E-state index in [1.807, 2.05) is 0 Å². The lowest BCUT2D eigenvalue weighted by Crippen LogP contribution is -2.31. The Balaban J connectivity index is -0.000000451. The first kappa shape index (κ1) is 32.2. The molecule has 0 aliphatic heterocycles. The van der Waals surface area contributed by atoms with E-state index in [1.165, 1.54) is 0 Å². The molecular weight excluding hydrogens is 468 g/mol. The van der Waals surface area contributed by atoms with Crippen LogP contribution in [0.5, 0.6) is 0 Å². The van der Waals surface area contributed by atoms with Gasteiger partial charge in [-0.05, 0) is 21.6 Å². The molecule has 0 aromatic rings. The van der Waals surface area contributed by atoms with Crippen LogP contribution >= 0.6 is 21.6 Å². The van der Waals surface area contributed by atoms with Crippen molar-refractivity contribution in [2.24, 2.45) is 21.5 Å². The molecule has 0 unspecified atom stereocenters. The Hall–Kier alpha value is -1.50. The van der Waals surface area contributed by atoms with Gasteiger partial charge in [0.2, 0.25) is 0 Å². The monoisotopic (exact) mass is 496 g/mol. The fourth-order valence-corrected chi connectivity index (χ4v) is 3.55. The third kappa shape index (κ3) is 31.4. The Labute approximate surface area is 178 Å². The molecule has 0 fully saturated rings. The first-order chi connectivity index (χ1) is 12.9. The predicted octanol–water partition coefficient (Wildman–Crippen LogP) is -1.60. The number of rotatable bonds is 12. The summed E-state index contributed by atoms with van der Waals surface area (Å²) in [5.74, 6) is 0.770. The van der Waals surface area contributed by atoms with Gasteiger partial charge in [0.1, 0.15) is 0 Å². The number of aliphatic imine (C=N–C) groups is 2. The Bertz CT molecular complexity index is 663. The zero-order valence-corrected chi connectivity index (χ0v) is 18.8. The Morgan fingerprint density at radius 2 is 1.17 bits per heavy atom. The highest BCUT2D eigenvalue weighted by Crippen LogP contribution is 2.08. The van der Waals surface area contributed by atoms with Crippen LogP contribution in [-0.4, -0.2) is 81.0 Å². The van der Waals surface area contributed by atoms with E-state index < -0.39 is 18.3 Å². The first-order valence-electron chi connectivity index (χ1n) is 7.44. The lowest BCUT2D eigenvalue weighted by molar-refractivity contribution is 0.500. The van der Waals surface area contributed by atoms with Crippen LogP contribution in [0.25, 0.3) is 0 Å². The van der Waals surface area contributed by atoms with Crippen LogP contribution in [0.2, 0.25) is 0 Å². The van der Waals surface area contributed by atoms with E-state index in [0.29, 0.717) is 34.7 Å². The lowest BCUT2D eigenvalue weighted by atomic mass is 10.6. The van der Waals surface area contributed by atoms with Gasteiger partial charge in [-0.1, -0.05) is 12.2 Å². The topological polar surface area (TPSA) is 241 Å². The minimum Gasteiger partial charge on any atom is -0.412 e. The number of nitrogens with zero attached hydrogens (tertiary/aromatic N) is 2. The highest BCUT2D eigenvalue weighted by atomic mass is 33.2. The number of nitrogens with one attached hydrogen (secondary N) is 2. The normalized spacial score (nSPS) is 12.1. The number of nitrogens with two attached hydrogens (primary N) is 2. The second-order valence-corrected chi connectivity index (χ2v) is 11.3. The van der Waals surface area contributed by atoms with Gasteiger partial charge >= 0.3 is 18.3 Å². The largest absolute Gasteiger partial charge is 0.412 e. The van der Waals surface area contributed by atoms with Crippen molar-refractivity contribution in [3.8, 4) is 0 Å². The van der Waals surface area contributed by atoms with E-state index >= 15 is 0 Å². The van der Waals surface area contributed by atoms with E-state index in [4.69, 9.17) is 20.6 Å². The molecule has 0 radical (unpaired) electrons. The van der Waals surface area contributed by atoms with Gasteiger partial charge in [0.25, 0.3) is 0 Å². The van der Waals surface area contributed by atoms with Gasteiger partial charge in [0.15, 0.2) is 11.9 Å². The molecule has 0 spiro atoms. The molecular formula is C12H28N6O7S4. The maximum absolute atomic E-state index is 10.3. The minimum atomic E-state index is -3.97. The van der Waals surface area contributed by atoms with Crippen molar-refractivity contribution in [1.29, 1.82) is 0 Å². The summed E-state index contributed by atoms with van der Waals surface area (Å²) in [6, 6.07) is 0. The molecule has 29 heavy (non-hydrogen) atoms. The summed E-state index contributed by atoms with van der Waals surface area (Å²) in [7, 11) is -7.10. The summed E-state index contributed by atoms with van der Waals surface area (Å²) in [6.07, 6.45) is 3.24. The molecule has 0 atom stereocenters. The van der Waals surface area contributed by atoms with Crippen LogP contribution in [0.3, 0.4) is 0 Å². The van der Waals surface area contributed by atoms with Crippen molar-refractivity contribution in [3.63, 3.8) is 0 Å². The fourth-order valence-electron chi connectivity index (χ4n) is 1.08. The predicted molar refractivity (Wildman–Crippen MR) is 121 cm³/mol. The molecule has 0 aromatic carbocycles. The van der Waals surface area contributed by atoms with E-state index in [-0.39, 0.29) is 42.0 Å². The molecule has 0 aliphatic carbocycles. The van der Waals surface area contributed by atoms with Crippen molar-refractivity contribution in [2.45, 2.75) is 0 Å². The van der Waals surface area contributed by atoms with Crippen molar-refractivity contribution >= 4 is 51.8 Å². The maximum Gasteiger partial charge on any atom is 0.319 e. The van der Waals surface area contributed by atoms with Crippen molar-refractivity contribution < 1.29 is 31.4 Å². The molecule has 0 saturated heterocycles. The lowest BCUT2D eigenvalue weighted by Gasteiger charge is -2.00. The minimum absolute atomic E-state index is 0. The zero-order chi connectivity index (χ0) is 22.1.